The van der Waals surface area contributed by atoms with Gasteiger partial charge in [-0.05, 0) is 86.0 Å². The monoisotopic (exact) mass is 443 g/mol. The molecule has 7 heteroatoms. The van der Waals surface area contributed by atoms with E-state index in [2.05, 4.69) is 16.9 Å². The molecule has 1 aliphatic heterocycles. The number of carbonyl (C=O) groups excluding carboxylic acids is 1. The van der Waals surface area contributed by atoms with Crippen LogP contribution in [0.3, 0.4) is 0 Å². The zero-order chi connectivity index (χ0) is 22.2. The number of hydrogen-bond donors (Lipinski definition) is 2. The fourth-order valence-corrected chi connectivity index (χ4v) is 4.66. The summed E-state index contributed by atoms with van der Waals surface area (Å²) in [6.07, 6.45) is 3.16. The highest BCUT2D eigenvalue weighted by molar-refractivity contribution is 7.97. The molecule has 1 saturated heterocycles. The zero-order valence-corrected chi connectivity index (χ0v) is 19.4. The van der Waals surface area contributed by atoms with Gasteiger partial charge in [-0.3, -0.25) is 4.79 Å². The molecule has 0 aliphatic carbocycles. The van der Waals surface area contributed by atoms with Gasteiger partial charge in [0.1, 0.15) is 0 Å². The van der Waals surface area contributed by atoms with Crippen LogP contribution in [0.5, 0.6) is 11.5 Å². The molecule has 0 radical (unpaired) electrons. The van der Waals surface area contributed by atoms with Crippen molar-refractivity contribution in [2.75, 3.05) is 33.9 Å². The Morgan fingerprint density at radius 1 is 1.13 bits per heavy atom. The molecular weight excluding hydrogens is 410 g/mol. The van der Waals surface area contributed by atoms with Gasteiger partial charge >= 0.3 is 0 Å². The van der Waals surface area contributed by atoms with E-state index >= 15 is 0 Å². The van der Waals surface area contributed by atoms with Crippen LogP contribution in [-0.4, -0.2) is 50.7 Å². The highest BCUT2D eigenvalue weighted by atomic mass is 32.2. The van der Waals surface area contributed by atoms with Crippen molar-refractivity contribution < 1.29 is 14.3 Å². The first-order valence-electron chi connectivity index (χ1n) is 10.8. The van der Waals surface area contributed by atoms with Crippen LogP contribution in [0.15, 0.2) is 47.4 Å². The Labute approximate surface area is 189 Å². The lowest BCUT2D eigenvalue weighted by Crippen LogP contribution is -2.46. The van der Waals surface area contributed by atoms with Crippen molar-refractivity contribution in [1.29, 1.82) is 0 Å². The molecule has 3 rings (SSSR count). The van der Waals surface area contributed by atoms with Crippen LogP contribution >= 0.6 is 11.9 Å². The number of hydrogen-bond acceptors (Lipinski definition) is 6. The number of likely N-dealkylation sites (tertiary alicyclic amines) is 1. The van der Waals surface area contributed by atoms with Gasteiger partial charge in [0.2, 0.25) is 5.91 Å². The normalized spacial score (nSPS) is 15.5. The summed E-state index contributed by atoms with van der Waals surface area (Å²) >= 11 is 1.49. The molecule has 1 fully saturated rings. The van der Waals surface area contributed by atoms with Gasteiger partial charge < -0.3 is 20.1 Å². The minimum absolute atomic E-state index is 0.162. The van der Waals surface area contributed by atoms with Crippen molar-refractivity contribution >= 4 is 17.9 Å². The first-order chi connectivity index (χ1) is 15.0. The van der Waals surface area contributed by atoms with Crippen molar-refractivity contribution in [3.63, 3.8) is 0 Å². The van der Waals surface area contributed by atoms with Crippen LogP contribution in [0, 0.1) is 5.92 Å². The van der Waals surface area contributed by atoms with Crippen LogP contribution in [0.4, 0.5) is 0 Å². The number of nitrogens with one attached hydrogen (secondary N) is 1. The second-order valence-corrected chi connectivity index (χ2v) is 8.80. The number of amides is 1. The van der Waals surface area contributed by atoms with E-state index in [9.17, 15) is 4.79 Å². The highest BCUT2D eigenvalue weighted by Crippen LogP contribution is 2.33. The number of benzene rings is 2. The summed E-state index contributed by atoms with van der Waals surface area (Å²) in [5, 5.41) is 0. The Hall–Kier alpha value is -2.22. The minimum atomic E-state index is -0.249. The molecular formula is C24H33N3O3S. The van der Waals surface area contributed by atoms with Crippen molar-refractivity contribution in [3.8, 4) is 22.6 Å². The Balaban J connectivity index is 1.58. The average molecular weight is 444 g/mol. The van der Waals surface area contributed by atoms with Gasteiger partial charge in [-0.15, -0.1) is 0 Å². The number of methoxy groups -OCH3 is 2. The van der Waals surface area contributed by atoms with Crippen molar-refractivity contribution in [2.24, 2.45) is 11.7 Å². The molecule has 168 valence electrons. The standard InChI is InChI=1S/C24H33N3O3S/c1-17(24(28)27-13-10-18(9-12-25)11-14-27)26-31-21-6-4-5-19(15-21)20-7-8-22(29-2)23(16-20)30-3/h4-8,15-18,26H,9-14,25H2,1-3H3. The molecule has 0 aromatic heterocycles. The predicted molar refractivity (Wildman–Crippen MR) is 126 cm³/mol. The molecule has 0 saturated carbocycles. The summed E-state index contributed by atoms with van der Waals surface area (Å²) in [5.74, 6) is 2.23. The average Bonchev–Trinajstić information content (AvgIpc) is 2.82. The third-order valence-electron chi connectivity index (χ3n) is 5.78. The zero-order valence-electron chi connectivity index (χ0n) is 18.6. The van der Waals surface area contributed by atoms with Gasteiger partial charge in [-0.25, -0.2) is 4.72 Å². The largest absolute Gasteiger partial charge is 0.493 e. The van der Waals surface area contributed by atoms with E-state index in [1.54, 1.807) is 14.2 Å². The maximum absolute atomic E-state index is 12.8. The van der Waals surface area contributed by atoms with Crippen molar-refractivity contribution in [2.45, 2.75) is 37.1 Å². The number of carbonyl (C=O) groups is 1. The molecule has 1 amide bonds. The molecule has 31 heavy (non-hydrogen) atoms. The Morgan fingerprint density at radius 2 is 1.84 bits per heavy atom. The molecule has 1 heterocycles. The summed E-state index contributed by atoms with van der Waals surface area (Å²) < 4.78 is 14.1. The van der Waals surface area contributed by atoms with E-state index in [1.807, 2.05) is 42.2 Å². The second kappa shape index (κ2) is 11.4. The van der Waals surface area contributed by atoms with Crippen LogP contribution < -0.4 is 19.9 Å². The maximum Gasteiger partial charge on any atom is 0.240 e. The first-order valence-corrected chi connectivity index (χ1v) is 11.6. The SMILES string of the molecule is COc1ccc(-c2cccc(SNC(C)C(=O)N3CCC(CCN)CC3)c2)cc1OC. The van der Waals surface area contributed by atoms with Gasteiger partial charge in [0.15, 0.2) is 11.5 Å². The predicted octanol–water partition coefficient (Wildman–Crippen LogP) is 3.94. The molecule has 1 aliphatic rings. The molecule has 2 aromatic carbocycles. The quantitative estimate of drug-likeness (QED) is 0.572. The van der Waals surface area contributed by atoms with E-state index in [0.29, 0.717) is 17.4 Å². The lowest BCUT2D eigenvalue weighted by molar-refractivity contribution is -0.133. The molecule has 0 bridgehead atoms. The van der Waals surface area contributed by atoms with Crippen molar-refractivity contribution in [1.82, 2.24) is 9.62 Å². The number of nitrogens with two attached hydrogens (primary N) is 1. The number of rotatable bonds is 9. The van der Waals surface area contributed by atoms with Gasteiger partial charge in [-0.2, -0.15) is 0 Å². The van der Waals surface area contributed by atoms with E-state index in [0.717, 1.165) is 54.9 Å². The molecule has 6 nitrogen and oxygen atoms in total. The molecule has 3 N–H and O–H groups in total. The van der Waals surface area contributed by atoms with Crippen LogP contribution in [-0.2, 0) is 4.79 Å². The summed E-state index contributed by atoms with van der Waals surface area (Å²) in [7, 11) is 3.27. The topological polar surface area (TPSA) is 76.8 Å². The van der Waals surface area contributed by atoms with Crippen LogP contribution in [0.2, 0.25) is 0 Å². The van der Waals surface area contributed by atoms with Crippen LogP contribution in [0.1, 0.15) is 26.2 Å². The third kappa shape index (κ3) is 6.15. The second-order valence-electron chi connectivity index (χ2n) is 7.89. The smallest absolute Gasteiger partial charge is 0.240 e. The van der Waals surface area contributed by atoms with E-state index in [1.165, 1.54) is 11.9 Å². The lowest BCUT2D eigenvalue weighted by atomic mass is 9.93. The number of ether oxygens (including phenoxy) is 2. The van der Waals surface area contributed by atoms with Gasteiger partial charge in [0, 0.05) is 18.0 Å². The Bertz CT molecular complexity index is 869. The highest BCUT2D eigenvalue weighted by Gasteiger charge is 2.25. The Morgan fingerprint density at radius 3 is 2.52 bits per heavy atom. The fraction of sp³-hybridized carbons (Fsp3) is 0.458. The summed E-state index contributed by atoms with van der Waals surface area (Å²) in [4.78, 5) is 15.8. The van der Waals surface area contributed by atoms with Crippen LogP contribution in [0.25, 0.3) is 11.1 Å². The first kappa shape index (κ1) is 23.4. The Kier molecular flexibility index (Phi) is 8.63. The van der Waals surface area contributed by atoms with Gasteiger partial charge in [0.25, 0.3) is 0 Å². The minimum Gasteiger partial charge on any atom is -0.493 e. The summed E-state index contributed by atoms with van der Waals surface area (Å²) in [6, 6.07) is 13.9. The number of piperidine rings is 1. The van der Waals surface area contributed by atoms with E-state index in [4.69, 9.17) is 15.2 Å². The fourth-order valence-electron chi connectivity index (χ4n) is 3.91. The molecule has 1 unspecified atom stereocenters. The molecule has 1 atom stereocenters. The third-order valence-corrected chi connectivity index (χ3v) is 6.74. The van der Waals surface area contributed by atoms with E-state index < -0.39 is 0 Å². The lowest BCUT2D eigenvalue weighted by Gasteiger charge is -2.33. The summed E-state index contributed by atoms with van der Waals surface area (Å²) in [6.45, 7) is 4.32. The maximum atomic E-state index is 12.8. The molecule has 2 aromatic rings. The summed E-state index contributed by atoms with van der Waals surface area (Å²) in [5.41, 5.74) is 7.79. The van der Waals surface area contributed by atoms with Crippen molar-refractivity contribution in [3.05, 3.63) is 42.5 Å². The van der Waals surface area contributed by atoms with E-state index in [-0.39, 0.29) is 11.9 Å². The van der Waals surface area contributed by atoms with Gasteiger partial charge in [-0.1, -0.05) is 18.2 Å². The van der Waals surface area contributed by atoms with Gasteiger partial charge in [0.05, 0.1) is 20.3 Å². The number of nitrogens with zero attached hydrogens (tertiary/aromatic N) is 1. The molecule has 0 spiro atoms.